The fourth-order valence-corrected chi connectivity index (χ4v) is 1.18. The standard InChI is InChI=1S/C10H17NO4/c1-13-10(14-2)6-11-5-8-3-4-9(7-12)15-8/h3-4,10-12H,5-7H2,1-2H3. The number of hydrogen-bond acceptors (Lipinski definition) is 5. The monoisotopic (exact) mass is 215 g/mol. The van der Waals surface area contributed by atoms with Crippen molar-refractivity contribution in [3.8, 4) is 0 Å². The minimum atomic E-state index is -0.253. The molecule has 0 aliphatic heterocycles. The molecule has 0 spiro atoms. The Bertz CT molecular complexity index is 270. The summed E-state index contributed by atoms with van der Waals surface area (Å²) < 4.78 is 15.3. The van der Waals surface area contributed by atoms with Crippen LogP contribution in [-0.2, 0) is 22.6 Å². The van der Waals surface area contributed by atoms with E-state index >= 15 is 0 Å². The Morgan fingerprint density at radius 3 is 2.53 bits per heavy atom. The van der Waals surface area contributed by atoms with Crippen molar-refractivity contribution in [3.05, 3.63) is 23.7 Å². The molecule has 86 valence electrons. The van der Waals surface area contributed by atoms with Crippen LogP contribution in [-0.4, -0.2) is 32.2 Å². The maximum Gasteiger partial charge on any atom is 0.169 e. The van der Waals surface area contributed by atoms with Gasteiger partial charge in [-0.05, 0) is 12.1 Å². The molecule has 1 aromatic rings. The van der Waals surface area contributed by atoms with Crippen LogP contribution in [0.15, 0.2) is 16.5 Å². The van der Waals surface area contributed by atoms with E-state index in [0.29, 0.717) is 18.8 Å². The third kappa shape index (κ3) is 4.01. The van der Waals surface area contributed by atoms with E-state index in [9.17, 15) is 0 Å². The zero-order chi connectivity index (χ0) is 11.1. The summed E-state index contributed by atoms with van der Waals surface area (Å²) in [6.45, 7) is 1.10. The molecule has 0 aromatic carbocycles. The minimum absolute atomic E-state index is 0.0707. The highest BCUT2D eigenvalue weighted by molar-refractivity contribution is 5.05. The molecule has 0 amide bonds. The van der Waals surface area contributed by atoms with Crippen molar-refractivity contribution in [1.82, 2.24) is 5.32 Å². The van der Waals surface area contributed by atoms with Crippen LogP contribution in [0, 0.1) is 0 Å². The summed E-state index contributed by atoms with van der Waals surface area (Å²) in [5.41, 5.74) is 0. The molecule has 1 aromatic heterocycles. The summed E-state index contributed by atoms with van der Waals surface area (Å²) in [6.07, 6.45) is -0.253. The van der Waals surface area contributed by atoms with E-state index < -0.39 is 0 Å². The molecule has 0 radical (unpaired) electrons. The summed E-state index contributed by atoms with van der Waals surface area (Å²) >= 11 is 0. The maximum atomic E-state index is 8.79. The normalized spacial score (nSPS) is 11.2. The van der Waals surface area contributed by atoms with Crippen LogP contribution in [0.25, 0.3) is 0 Å². The van der Waals surface area contributed by atoms with Gasteiger partial charge in [0.1, 0.15) is 18.1 Å². The van der Waals surface area contributed by atoms with Crippen LogP contribution in [0.5, 0.6) is 0 Å². The largest absolute Gasteiger partial charge is 0.462 e. The second kappa shape index (κ2) is 6.58. The molecule has 0 aliphatic carbocycles. The summed E-state index contributed by atoms with van der Waals surface area (Å²) in [5.74, 6) is 1.35. The molecule has 1 heterocycles. The fraction of sp³-hybridized carbons (Fsp3) is 0.600. The van der Waals surface area contributed by atoms with Gasteiger partial charge in [0.2, 0.25) is 0 Å². The number of rotatable bonds is 7. The van der Waals surface area contributed by atoms with Crippen molar-refractivity contribution in [2.75, 3.05) is 20.8 Å². The van der Waals surface area contributed by atoms with E-state index in [1.807, 2.05) is 6.07 Å². The highest BCUT2D eigenvalue weighted by Crippen LogP contribution is 2.07. The number of aliphatic hydroxyl groups is 1. The lowest BCUT2D eigenvalue weighted by molar-refractivity contribution is -0.0990. The number of ether oxygens (including phenoxy) is 2. The van der Waals surface area contributed by atoms with E-state index in [4.69, 9.17) is 19.0 Å². The first-order valence-corrected chi connectivity index (χ1v) is 4.75. The van der Waals surface area contributed by atoms with Crippen molar-refractivity contribution in [1.29, 1.82) is 0 Å². The Morgan fingerprint density at radius 1 is 1.33 bits per heavy atom. The van der Waals surface area contributed by atoms with Gasteiger partial charge >= 0.3 is 0 Å². The topological polar surface area (TPSA) is 63.9 Å². The molecule has 2 N–H and O–H groups in total. The minimum Gasteiger partial charge on any atom is -0.462 e. The van der Waals surface area contributed by atoms with Crippen LogP contribution in [0.3, 0.4) is 0 Å². The van der Waals surface area contributed by atoms with Crippen molar-refractivity contribution >= 4 is 0 Å². The van der Waals surface area contributed by atoms with Gasteiger partial charge in [0.05, 0.1) is 6.54 Å². The van der Waals surface area contributed by atoms with E-state index in [1.165, 1.54) is 0 Å². The zero-order valence-corrected chi connectivity index (χ0v) is 9.03. The molecule has 15 heavy (non-hydrogen) atoms. The van der Waals surface area contributed by atoms with Crippen LogP contribution in [0.4, 0.5) is 0 Å². The molecule has 0 fully saturated rings. The fourth-order valence-electron chi connectivity index (χ4n) is 1.18. The first-order chi connectivity index (χ1) is 7.30. The summed E-state index contributed by atoms with van der Waals surface area (Å²) in [4.78, 5) is 0. The Morgan fingerprint density at radius 2 is 2.00 bits per heavy atom. The van der Waals surface area contributed by atoms with Gasteiger partial charge in [0.25, 0.3) is 0 Å². The second-order valence-electron chi connectivity index (χ2n) is 3.06. The molecule has 5 nitrogen and oxygen atoms in total. The highest BCUT2D eigenvalue weighted by Gasteiger charge is 2.05. The zero-order valence-electron chi connectivity index (χ0n) is 9.03. The van der Waals surface area contributed by atoms with Crippen LogP contribution < -0.4 is 5.32 Å². The number of aliphatic hydroxyl groups excluding tert-OH is 1. The molecule has 0 unspecified atom stereocenters. The Labute approximate surface area is 89.0 Å². The lowest BCUT2D eigenvalue weighted by Gasteiger charge is -2.13. The number of hydrogen-bond donors (Lipinski definition) is 2. The van der Waals surface area contributed by atoms with Gasteiger partial charge < -0.3 is 24.3 Å². The molecular weight excluding hydrogens is 198 g/mol. The Balaban J connectivity index is 2.25. The van der Waals surface area contributed by atoms with Gasteiger partial charge in [0, 0.05) is 20.8 Å². The predicted molar refractivity (Wildman–Crippen MR) is 54.1 cm³/mol. The molecule has 0 saturated carbocycles. The first kappa shape index (κ1) is 12.2. The van der Waals surface area contributed by atoms with E-state index in [-0.39, 0.29) is 12.9 Å². The quantitative estimate of drug-likeness (QED) is 0.648. The van der Waals surface area contributed by atoms with Crippen molar-refractivity contribution in [3.63, 3.8) is 0 Å². The molecule has 0 saturated heterocycles. The van der Waals surface area contributed by atoms with Gasteiger partial charge in [-0.1, -0.05) is 0 Å². The van der Waals surface area contributed by atoms with Gasteiger partial charge in [-0.15, -0.1) is 0 Å². The molecule has 0 bridgehead atoms. The van der Waals surface area contributed by atoms with E-state index in [0.717, 1.165) is 5.76 Å². The number of methoxy groups -OCH3 is 2. The van der Waals surface area contributed by atoms with Gasteiger partial charge in [0.15, 0.2) is 6.29 Å². The van der Waals surface area contributed by atoms with E-state index in [1.54, 1.807) is 20.3 Å². The molecular formula is C10H17NO4. The average molecular weight is 215 g/mol. The van der Waals surface area contributed by atoms with Crippen molar-refractivity contribution < 1.29 is 19.0 Å². The molecule has 1 rings (SSSR count). The third-order valence-electron chi connectivity index (χ3n) is 2.01. The van der Waals surface area contributed by atoms with Crippen LogP contribution in [0.1, 0.15) is 11.5 Å². The summed E-state index contributed by atoms with van der Waals surface area (Å²) in [6, 6.07) is 3.58. The molecule has 5 heteroatoms. The highest BCUT2D eigenvalue weighted by atomic mass is 16.7. The molecule has 0 atom stereocenters. The smallest absolute Gasteiger partial charge is 0.169 e. The van der Waals surface area contributed by atoms with E-state index in [2.05, 4.69) is 5.32 Å². The summed E-state index contributed by atoms with van der Waals surface area (Å²) in [7, 11) is 3.18. The summed E-state index contributed by atoms with van der Waals surface area (Å²) in [5, 5.41) is 11.9. The van der Waals surface area contributed by atoms with Crippen LogP contribution >= 0.6 is 0 Å². The first-order valence-electron chi connectivity index (χ1n) is 4.75. The van der Waals surface area contributed by atoms with Crippen molar-refractivity contribution in [2.45, 2.75) is 19.4 Å². The lowest BCUT2D eigenvalue weighted by atomic mass is 10.4. The van der Waals surface area contributed by atoms with Crippen LogP contribution in [0.2, 0.25) is 0 Å². The predicted octanol–water partition coefficient (Wildman–Crippen LogP) is 0.480. The Kier molecular flexibility index (Phi) is 5.34. The Hall–Kier alpha value is -0.880. The number of furan rings is 1. The van der Waals surface area contributed by atoms with Crippen molar-refractivity contribution in [2.24, 2.45) is 0 Å². The molecule has 0 aliphatic rings. The number of nitrogens with one attached hydrogen (secondary N) is 1. The third-order valence-corrected chi connectivity index (χ3v) is 2.01. The van der Waals surface area contributed by atoms with Gasteiger partial charge in [-0.25, -0.2) is 0 Å². The second-order valence-corrected chi connectivity index (χ2v) is 3.06. The average Bonchev–Trinajstić information content (AvgIpc) is 2.72. The SMILES string of the molecule is COC(CNCc1ccc(CO)o1)OC. The maximum absolute atomic E-state index is 8.79. The van der Waals surface area contributed by atoms with Gasteiger partial charge in [-0.2, -0.15) is 0 Å². The van der Waals surface area contributed by atoms with Gasteiger partial charge in [-0.3, -0.25) is 0 Å². The lowest BCUT2D eigenvalue weighted by Crippen LogP contribution is -2.29.